The van der Waals surface area contributed by atoms with Gasteiger partial charge in [0.2, 0.25) is 17.7 Å². The molecule has 222 valence electrons. The predicted molar refractivity (Wildman–Crippen MR) is 165 cm³/mol. The number of nitrogens with two attached hydrogens (primary N) is 1. The van der Waals surface area contributed by atoms with Crippen molar-refractivity contribution in [3.8, 4) is 11.5 Å². The zero-order chi connectivity index (χ0) is 30.4. The van der Waals surface area contributed by atoms with Gasteiger partial charge in [0.1, 0.15) is 19.3 Å². The Labute approximate surface area is 252 Å². The highest BCUT2D eigenvalue weighted by atomic mass is 16.5. The fourth-order valence-electron chi connectivity index (χ4n) is 4.47. The Hall–Kier alpha value is -5.11. The molecule has 0 fully saturated rings. The summed E-state index contributed by atoms with van der Waals surface area (Å²) in [5.41, 5.74) is 9.35. The van der Waals surface area contributed by atoms with Crippen LogP contribution in [0, 0.1) is 0 Å². The number of primary amides is 1. The van der Waals surface area contributed by atoms with E-state index in [0.29, 0.717) is 24.7 Å². The van der Waals surface area contributed by atoms with Crippen molar-refractivity contribution < 1.29 is 23.9 Å². The van der Waals surface area contributed by atoms with E-state index in [4.69, 9.17) is 15.2 Å². The SMILES string of the molecule is C[C@@H](NC(=O)CCC(=O)N[C@H](Cc1ccc(OCc2ccccc2)c(OCc2ccccc2)c1)C(N)=O)c1ccccc1. The summed E-state index contributed by atoms with van der Waals surface area (Å²) >= 11 is 0. The number of hydrogen-bond acceptors (Lipinski definition) is 5. The number of ether oxygens (including phenoxy) is 2. The summed E-state index contributed by atoms with van der Waals surface area (Å²) in [7, 11) is 0. The number of carbonyl (C=O) groups is 3. The molecule has 4 aromatic rings. The third-order valence-corrected chi connectivity index (χ3v) is 6.86. The van der Waals surface area contributed by atoms with Crippen molar-refractivity contribution >= 4 is 17.7 Å². The van der Waals surface area contributed by atoms with E-state index in [1.807, 2.05) is 104 Å². The average molecular weight is 580 g/mol. The van der Waals surface area contributed by atoms with E-state index in [0.717, 1.165) is 22.3 Å². The van der Waals surface area contributed by atoms with Crippen molar-refractivity contribution in [3.05, 3.63) is 131 Å². The molecule has 0 unspecified atom stereocenters. The molecular weight excluding hydrogens is 542 g/mol. The van der Waals surface area contributed by atoms with Crippen molar-refractivity contribution in [1.29, 1.82) is 0 Å². The van der Waals surface area contributed by atoms with Gasteiger partial charge in [-0.05, 0) is 41.3 Å². The second-order valence-corrected chi connectivity index (χ2v) is 10.3. The molecule has 0 aliphatic heterocycles. The monoisotopic (exact) mass is 579 g/mol. The maximum absolute atomic E-state index is 12.7. The Balaban J connectivity index is 1.37. The predicted octanol–water partition coefficient (Wildman–Crippen LogP) is 5.01. The molecular formula is C35H37N3O5. The molecule has 0 bridgehead atoms. The van der Waals surface area contributed by atoms with Crippen LogP contribution in [-0.4, -0.2) is 23.8 Å². The summed E-state index contributed by atoms with van der Waals surface area (Å²) in [5, 5.41) is 5.57. The Morgan fingerprint density at radius 1 is 0.651 bits per heavy atom. The average Bonchev–Trinajstić information content (AvgIpc) is 3.03. The molecule has 43 heavy (non-hydrogen) atoms. The maximum atomic E-state index is 12.7. The van der Waals surface area contributed by atoms with Gasteiger partial charge in [0, 0.05) is 19.3 Å². The first-order valence-corrected chi connectivity index (χ1v) is 14.3. The fourth-order valence-corrected chi connectivity index (χ4v) is 4.47. The molecule has 0 aliphatic rings. The van der Waals surface area contributed by atoms with Gasteiger partial charge >= 0.3 is 0 Å². The van der Waals surface area contributed by atoms with E-state index in [-0.39, 0.29) is 31.2 Å². The Morgan fingerprint density at radius 2 is 1.16 bits per heavy atom. The van der Waals surface area contributed by atoms with E-state index in [1.165, 1.54) is 0 Å². The van der Waals surface area contributed by atoms with Crippen molar-refractivity contribution in [2.75, 3.05) is 0 Å². The molecule has 8 nitrogen and oxygen atoms in total. The van der Waals surface area contributed by atoms with Gasteiger partial charge in [0.25, 0.3) is 0 Å². The van der Waals surface area contributed by atoms with Crippen LogP contribution >= 0.6 is 0 Å². The van der Waals surface area contributed by atoms with Gasteiger partial charge < -0.3 is 25.8 Å². The Bertz CT molecular complexity index is 1480. The largest absolute Gasteiger partial charge is 0.485 e. The van der Waals surface area contributed by atoms with Crippen LogP contribution in [0.25, 0.3) is 0 Å². The summed E-state index contributed by atoms with van der Waals surface area (Å²) in [6, 6.07) is 33.4. The summed E-state index contributed by atoms with van der Waals surface area (Å²) in [6.45, 7) is 2.57. The highest BCUT2D eigenvalue weighted by molar-refractivity contribution is 5.89. The van der Waals surface area contributed by atoms with E-state index in [1.54, 1.807) is 12.1 Å². The number of carbonyl (C=O) groups excluding carboxylic acids is 3. The molecule has 0 aromatic heterocycles. The molecule has 4 rings (SSSR count). The minimum Gasteiger partial charge on any atom is -0.485 e. The van der Waals surface area contributed by atoms with Crippen LogP contribution in [0.4, 0.5) is 0 Å². The van der Waals surface area contributed by atoms with Gasteiger partial charge in [-0.3, -0.25) is 14.4 Å². The summed E-state index contributed by atoms with van der Waals surface area (Å²) < 4.78 is 12.2. The second kappa shape index (κ2) is 15.8. The molecule has 0 saturated heterocycles. The zero-order valence-corrected chi connectivity index (χ0v) is 24.2. The number of benzene rings is 4. The molecule has 0 saturated carbocycles. The van der Waals surface area contributed by atoms with Gasteiger partial charge in [0.05, 0.1) is 6.04 Å². The fraction of sp³-hybridized carbons (Fsp3) is 0.229. The van der Waals surface area contributed by atoms with Crippen LogP contribution in [0.3, 0.4) is 0 Å². The minimum absolute atomic E-state index is 0.0145. The maximum Gasteiger partial charge on any atom is 0.240 e. The molecule has 4 N–H and O–H groups in total. The Kier molecular flexibility index (Phi) is 11.3. The first-order valence-electron chi connectivity index (χ1n) is 14.3. The smallest absolute Gasteiger partial charge is 0.240 e. The number of nitrogens with one attached hydrogen (secondary N) is 2. The van der Waals surface area contributed by atoms with E-state index >= 15 is 0 Å². The highest BCUT2D eigenvalue weighted by Gasteiger charge is 2.21. The number of amides is 3. The van der Waals surface area contributed by atoms with Gasteiger partial charge in [0.15, 0.2) is 11.5 Å². The lowest BCUT2D eigenvalue weighted by Crippen LogP contribution is -2.46. The lowest BCUT2D eigenvalue weighted by Gasteiger charge is -2.18. The molecule has 2 atom stereocenters. The van der Waals surface area contributed by atoms with Crippen molar-refractivity contribution in [2.24, 2.45) is 5.73 Å². The van der Waals surface area contributed by atoms with Crippen LogP contribution in [0.2, 0.25) is 0 Å². The number of rotatable bonds is 15. The molecule has 8 heteroatoms. The molecule has 0 spiro atoms. The molecule has 3 amide bonds. The lowest BCUT2D eigenvalue weighted by atomic mass is 10.0. The second-order valence-electron chi connectivity index (χ2n) is 10.3. The third-order valence-electron chi connectivity index (χ3n) is 6.86. The number of hydrogen-bond donors (Lipinski definition) is 3. The van der Waals surface area contributed by atoms with E-state index in [9.17, 15) is 14.4 Å². The van der Waals surface area contributed by atoms with Gasteiger partial charge in [-0.25, -0.2) is 0 Å². The molecule has 0 aliphatic carbocycles. The van der Waals surface area contributed by atoms with Crippen LogP contribution in [0.15, 0.2) is 109 Å². The van der Waals surface area contributed by atoms with Crippen LogP contribution in [-0.2, 0) is 34.0 Å². The van der Waals surface area contributed by atoms with Gasteiger partial charge in [-0.2, -0.15) is 0 Å². The quantitative estimate of drug-likeness (QED) is 0.183. The normalized spacial score (nSPS) is 12.0. The van der Waals surface area contributed by atoms with Crippen LogP contribution in [0.5, 0.6) is 11.5 Å². The third kappa shape index (κ3) is 10.0. The molecule has 0 radical (unpaired) electrons. The summed E-state index contributed by atoms with van der Waals surface area (Å²) in [4.78, 5) is 37.3. The minimum atomic E-state index is -0.961. The van der Waals surface area contributed by atoms with Crippen LogP contribution < -0.4 is 25.8 Å². The van der Waals surface area contributed by atoms with Gasteiger partial charge in [-0.1, -0.05) is 97.1 Å². The Morgan fingerprint density at radius 3 is 1.72 bits per heavy atom. The zero-order valence-electron chi connectivity index (χ0n) is 24.2. The van der Waals surface area contributed by atoms with Crippen LogP contribution in [0.1, 0.15) is 48.1 Å². The molecule has 4 aromatic carbocycles. The molecule has 0 heterocycles. The van der Waals surface area contributed by atoms with Crippen molar-refractivity contribution in [2.45, 2.75) is 51.5 Å². The summed E-state index contributed by atoms with van der Waals surface area (Å²) in [5.74, 6) is -0.301. The van der Waals surface area contributed by atoms with Crippen molar-refractivity contribution in [1.82, 2.24) is 10.6 Å². The highest BCUT2D eigenvalue weighted by Crippen LogP contribution is 2.30. The topological polar surface area (TPSA) is 120 Å². The van der Waals surface area contributed by atoms with Crippen molar-refractivity contribution in [3.63, 3.8) is 0 Å². The van der Waals surface area contributed by atoms with E-state index < -0.39 is 17.9 Å². The van der Waals surface area contributed by atoms with Gasteiger partial charge in [-0.15, -0.1) is 0 Å². The standard InChI is InChI=1S/C35H37N3O5/c1-25(29-15-9-4-10-16-29)37-33(39)19-20-34(40)38-30(35(36)41)21-28-17-18-31(42-23-26-11-5-2-6-12-26)32(22-28)43-24-27-13-7-3-8-14-27/h2-18,22,25,30H,19-21,23-24H2,1H3,(H2,36,41)(H,37,39)(H,38,40)/t25-,30-/m1/s1. The summed E-state index contributed by atoms with van der Waals surface area (Å²) in [6.07, 6.45) is 0.0627. The first-order chi connectivity index (χ1) is 20.9. The lowest BCUT2D eigenvalue weighted by molar-refractivity contribution is -0.129. The van der Waals surface area contributed by atoms with E-state index in [2.05, 4.69) is 10.6 Å². The first kappa shape index (κ1) is 30.8.